The highest BCUT2D eigenvalue weighted by Gasteiger charge is 2.10. The molecule has 4 nitrogen and oxygen atoms in total. The summed E-state index contributed by atoms with van der Waals surface area (Å²) in [7, 11) is 0. The molecular weight excluding hydrogens is 228 g/mol. The molecule has 0 N–H and O–H groups in total. The molecular formula is C14H16N2O2. The van der Waals surface area contributed by atoms with Crippen LogP contribution in [-0.2, 0) is 0 Å². The predicted molar refractivity (Wildman–Crippen MR) is 70.5 cm³/mol. The molecule has 94 valence electrons. The van der Waals surface area contributed by atoms with Crippen LogP contribution in [0.15, 0.2) is 35.3 Å². The van der Waals surface area contributed by atoms with Crippen molar-refractivity contribution in [3.63, 3.8) is 0 Å². The standard InChI is InChI=1S/C14H16N2O2/c1-4-18-13-11(3)9-15-16(14(13)17)12-7-5-6-10(2)8-12/h5-9H,4H2,1-3H3. The molecule has 0 spiro atoms. The average molecular weight is 244 g/mol. The summed E-state index contributed by atoms with van der Waals surface area (Å²) in [6.07, 6.45) is 1.65. The lowest BCUT2D eigenvalue weighted by Crippen LogP contribution is -2.23. The van der Waals surface area contributed by atoms with Crippen LogP contribution in [0.3, 0.4) is 0 Å². The Morgan fingerprint density at radius 2 is 2.11 bits per heavy atom. The minimum Gasteiger partial charge on any atom is -0.488 e. The SMILES string of the molecule is CCOc1c(C)cnn(-c2cccc(C)c2)c1=O. The van der Waals surface area contributed by atoms with Crippen LogP contribution in [0.5, 0.6) is 5.75 Å². The van der Waals surface area contributed by atoms with E-state index in [2.05, 4.69) is 5.10 Å². The molecule has 2 rings (SSSR count). The van der Waals surface area contributed by atoms with Crippen LogP contribution in [0.2, 0.25) is 0 Å². The second kappa shape index (κ2) is 5.04. The van der Waals surface area contributed by atoms with E-state index in [0.717, 1.165) is 16.8 Å². The van der Waals surface area contributed by atoms with Gasteiger partial charge >= 0.3 is 5.56 Å². The van der Waals surface area contributed by atoms with Crippen LogP contribution in [0.1, 0.15) is 18.1 Å². The molecule has 0 aliphatic rings. The smallest absolute Gasteiger partial charge is 0.314 e. The molecule has 0 bridgehead atoms. The zero-order valence-electron chi connectivity index (χ0n) is 10.8. The third-order valence-corrected chi connectivity index (χ3v) is 2.65. The Balaban J connectivity index is 2.59. The van der Waals surface area contributed by atoms with Crippen LogP contribution >= 0.6 is 0 Å². The molecule has 2 aromatic rings. The normalized spacial score (nSPS) is 10.4. The summed E-state index contributed by atoms with van der Waals surface area (Å²) in [6.45, 7) is 6.12. The van der Waals surface area contributed by atoms with E-state index in [1.54, 1.807) is 6.20 Å². The van der Waals surface area contributed by atoms with Gasteiger partial charge in [0.2, 0.25) is 0 Å². The molecule has 0 aliphatic carbocycles. The number of hydrogen-bond acceptors (Lipinski definition) is 3. The molecule has 0 aliphatic heterocycles. The third-order valence-electron chi connectivity index (χ3n) is 2.65. The Hall–Kier alpha value is -2.10. The maximum atomic E-state index is 12.3. The van der Waals surface area contributed by atoms with E-state index in [1.165, 1.54) is 4.68 Å². The van der Waals surface area contributed by atoms with Gasteiger partial charge in [0.1, 0.15) is 0 Å². The maximum Gasteiger partial charge on any atom is 0.314 e. The van der Waals surface area contributed by atoms with E-state index >= 15 is 0 Å². The molecule has 0 radical (unpaired) electrons. The molecule has 0 saturated carbocycles. The summed E-state index contributed by atoms with van der Waals surface area (Å²) in [4.78, 5) is 12.3. The second-order valence-electron chi connectivity index (χ2n) is 4.15. The topological polar surface area (TPSA) is 44.1 Å². The minimum atomic E-state index is -0.220. The van der Waals surface area contributed by atoms with Crippen molar-refractivity contribution in [1.82, 2.24) is 9.78 Å². The van der Waals surface area contributed by atoms with Crippen LogP contribution in [0, 0.1) is 13.8 Å². The number of aromatic nitrogens is 2. The van der Waals surface area contributed by atoms with Crippen molar-refractivity contribution in [3.05, 3.63) is 51.9 Å². The van der Waals surface area contributed by atoms with Crippen molar-refractivity contribution in [1.29, 1.82) is 0 Å². The van der Waals surface area contributed by atoms with E-state index in [1.807, 2.05) is 45.0 Å². The van der Waals surface area contributed by atoms with Crippen molar-refractivity contribution in [2.24, 2.45) is 0 Å². The zero-order valence-corrected chi connectivity index (χ0v) is 10.8. The van der Waals surface area contributed by atoms with Crippen LogP contribution in [0.25, 0.3) is 5.69 Å². The van der Waals surface area contributed by atoms with Gasteiger partial charge in [0, 0.05) is 5.56 Å². The molecule has 1 aromatic heterocycles. The molecule has 0 unspecified atom stereocenters. The first-order chi connectivity index (χ1) is 8.63. The third kappa shape index (κ3) is 2.27. The van der Waals surface area contributed by atoms with E-state index in [0.29, 0.717) is 12.4 Å². The minimum absolute atomic E-state index is 0.220. The highest BCUT2D eigenvalue weighted by Crippen LogP contribution is 2.12. The predicted octanol–water partition coefficient (Wildman–Crippen LogP) is 2.25. The number of benzene rings is 1. The van der Waals surface area contributed by atoms with Gasteiger partial charge in [-0.25, -0.2) is 0 Å². The fourth-order valence-corrected chi connectivity index (χ4v) is 1.78. The van der Waals surface area contributed by atoms with Gasteiger partial charge in [0.15, 0.2) is 5.75 Å². The Labute approximate surface area is 106 Å². The fraction of sp³-hybridized carbons (Fsp3) is 0.286. The molecule has 0 amide bonds. The lowest BCUT2D eigenvalue weighted by molar-refractivity contribution is 0.329. The van der Waals surface area contributed by atoms with Gasteiger partial charge in [-0.1, -0.05) is 12.1 Å². The Morgan fingerprint density at radius 3 is 2.78 bits per heavy atom. The number of hydrogen-bond donors (Lipinski definition) is 0. The summed E-state index contributed by atoms with van der Waals surface area (Å²) in [5.41, 5.74) is 2.37. The summed E-state index contributed by atoms with van der Waals surface area (Å²) in [5.74, 6) is 0.369. The van der Waals surface area contributed by atoms with E-state index < -0.39 is 0 Å². The lowest BCUT2D eigenvalue weighted by Gasteiger charge is -2.10. The maximum absolute atomic E-state index is 12.3. The van der Waals surface area contributed by atoms with Crippen LogP contribution < -0.4 is 10.3 Å². The van der Waals surface area contributed by atoms with E-state index in [4.69, 9.17) is 4.74 Å². The zero-order chi connectivity index (χ0) is 13.1. The van der Waals surface area contributed by atoms with Crippen molar-refractivity contribution in [3.8, 4) is 11.4 Å². The molecule has 4 heteroatoms. The quantitative estimate of drug-likeness (QED) is 0.831. The van der Waals surface area contributed by atoms with Gasteiger partial charge in [-0.2, -0.15) is 9.78 Å². The molecule has 1 heterocycles. The first kappa shape index (κ1) is 12.4. The monoisotopic (exact) mass is 244 g/mol. The Bertz CT molecular complexity index is 617. The molecule has 0 atom stereocenters. The first-order valence-corrected chi connectivity index (χ1v) is 5.92. The van der Waals surface area contributed by atoms with Crippen molar-refractivity contribution in [2.45, 2.75) is 20.8 Å². The average Bonchev–Trinajstić information content (AvgIpc) is 2.34. The highest BCUT2D eigenvalue weighted by atomic mass is 16.5. The van der Waals surface area contributed by atoms with Crippen molar-refractivity contribution < 1.29 is 4.74 Å². The highest BCUT2D eigenvalue weighted by molar-refractivity contribution is 5.37. The molecule has 0 saturated heterocycles. The number of rotatable bonds is 3. The Morgan fingerprint density at radius 1 is 1.33 bits per heavy atom. The Kier molecular flexibility index (Phi) is 3.46. The van der Waals surface area contributed by atoms with Gasteiger partial charge in [0.25, 0.3) is 0 Å². The van der Waals surface area contributed by atoms with Gasteiger partial charge < -0.3 is 4.74 Å². The summed E-state index contributed by atoms with van der Waals surface area (Å²) >= 11 is 0. The largest absolute Gasteiger partial charge is 0.488 e. The summed E-state index contributed by atoms with van der Waals surface area (Å²) < 4.78 is 6.75. The molecule has 0 fully saturated rings. The van der Waals surface area contributed by atoms with Gasteiger partial charge in [-0.3, -0.25) is 4.79 Å². The lowest BCUT2D eigenvalue weighted by atomic mass is 10.2. The number of ether oxygens (including phenoxy) is 1. The van der Waals surface area contributed by atoms with E-state index in [9.17, 15) is 4.79 Å². The van der Waals surface area contributed by atoms with Crippen LogP contribution in [-0.4, -0.2) is 16.4 Å². The molecule has 1 aromatic carbocycles. The van der Waals surface area contributed by atoms with Crippen molar-refractivity contribution >= 4 is 0 Å². The fourth-order valence-electron chi connectivity index (χ4n) is 1.78. The molecule has 18 heavy (non-hydrogen) atoms. The van der Waals surface area contributed by atoms with E-state index in [-0.39, 0.29) is 5.56 Å². The second-order valence-corrected chi connectivity index (χ2v) is 4.15. The number of nitrogens with zero attached hydrogens (tertiary/aromatic N) is 2. The van der Waals surface area contributed by atoms with Crippen molar-refractivity contribution in [2.75, 3.05) is 6.61 Å². The van der Waals surface area contributed by atoms with Crippen LogP contribution in [0.4, 0.5) is 0 Å². The van der Waals surface area contributed by atoms with Gasteiger partial charge in [-0.05, 0) is 38.5 Å². The van der Waals surface area contributed by atoms with Gasteiger partial charge in [0.05, 0.1) is 18.5 Å². The number of aryl methyl sites for hydroxylation is 2. The summed E-state index contributed by atoms with van der Waals surface area (Å²) in [5, 5.41) is 4.16. The van der Waals surface area contributed by atoms with Gasteiger partial charge in [-0.15, -0.1) is 0 Å². The first-order valence-electron chi connectivity index (χ1n) is 5.92. The summed E-state index contributed by atoms with van der Waals surface area (Å²) in [6, 6.07) is 7.65.